The van der Waals surface area contributed by atoms with E-state index < -0.39 is 31.2 Å². The van der Waals surface area contributed by atoms with Gasteiger partial charge in [0.2, 0.25) is 0 Å². The topological polar surface area (TPSA) is 90.9 Å². The number of esters is 1. The first-order chi connectivity index (χ1) is 13.8. The SMILES string of the molecule is CC(OC(=O)COc1ccc(C=O)cc1)C(=O)Nc1ccc(OC(F)F)c(Cl)c1. The summed E-state index contributed by atoms with van der Waals surface area (Å²) >= 11 is 5.81. The van der Waals surface area contributed by atoms with Gasteiger partial charge in [-0.05, 0) is 49.4 Å². The number of hydrogen-bond acceptors (Lipinski definition) is 6. The molecule has 29 heavy (non-hydrogen) atoms. The summed E-state index contributed by atoms with van der Waals surface area (Å²) in [4.78, 5) is 34.5. The van der Waals surface area contributed by atoms with Crippen molar-refractivity contribution in [3.8, 4) is 11.5 Å². The van der Waals surface area contributed by atoms with Gasteiger partial charge in [0.25, 0.3) is 5.91 Å². The Hall–Kier alpha value is -3.20. The zero-order chi connectivity index (χ0) is 21.4. The molecule has 1 atom stereocenters. The summed E-state index contributed by atoms with van der Waals surface area (Å²) in [5, 5.41) is 2.31. The van der Waals surface area contributed by atoms with E-state index in [4.69, 9.17) is 21.1 Å². The molecule has 0 saturated carbocycles. The molecular formula is C19H16ClF2NO6. The van der Waals surface area contributed by atoms with Crippen LogP contribution in [0.3, 0.4) is 0 Å². The predicted octanol–water partition coefficient (Wildman–Crippen LogP) is 3.70. The molecule has 1 N–H and O–H groups in total. The number of benzene rings is 2. The lowest BCUT2D eigenvalue weighted by Gasteiger charge is -2.14. The summed E-state index contributed by atoms with van der Waals surface area (Å²) in [6.07, 6.45) is -0.482. The van der Waals surface area contributed by atoms with Crippen molar-refractivity contribution in [2.75, 3.05) is 11.9 Å². The number of aldehydes is 1. The monoisotopic (exact) mass is 427 g/mol. The number of carbonyl (C=O) groups excluding carboxylic acids is 3. The largest absolute Gasteiger partial charge is 0.482 e. The molecule has 1 unspecified atom stereocenters. The van der Waals surface area contributed by atoms with Gasteiger partial charge in [-0.2, -0.15) is 8.78 Å². The third-order valence-electron chi connectivity index (χ3n) is 3.47. The average Bonchev–Trinajstić information content (AvgIpc) is 2.68. The first kappa shape index (κ1) is 22.1. The van der Waals surface area contributed by atoms with Gasteiger partial charge in [-0.25, -0.2) is 4.79 Å². The highest BCUT2D eigenvalue weighted by Crippen LogP contribution is 2.29. The minimum absolute atomic E-state index is 0.123. The van der Waals surface area contributed by atoms with Gasteiger partial charge < -0.3 is 19.5 Å². The molecule has 0 fully saturated rings. The number of nitrogens with one attached hydrogen (secondary N) is 1. The van der Waals surface area contributed by atoms with Crippen LogP contribution in [0.25, 0.3) is 0 Å². The van der Waals surface area contributed by atoms with Gasteiger partial charge in [-0.1, -0.05) is 11.6 Å². The maximum atomic E-state index is 12.2. The second kappa shape index (κ2) is 10.4. The molecule has 0 spiro atoms. The van der Waals surface area contributed by atoms with Gasteiger partial charge >= 0.3 is 12.6 Å². The van der Waals surface area contributed by atoms with Crippen molar-refractivity contribution in [1.82, 2.24) is 0 Å². The van der Waals surface area contributed by atoms with Crippen molar-refractivity contribution in [2.24, 2.45) is 0 Å². The van der Waals surface area contributed by atoms with Crippen molar-refractivity contribution in [1.29, 1.82) is 0 Å². The Morgan fingerprint density at radius 3 is 2.45 bits per heavy atom. The summed E-state index contributed by atoms with van der Waals surface area (Å²) in [7, 11) is 0. The fourth-order valence-corrected chi connectivity index (χ4v) is 2.31. The lowest BCUT2D eigenvalue weighted by atomic mass is 10.2. The van der Waals surface area contributed by atoms with Crippen LogP contribution in [0.15, 0.2) is 42.5 Å². The first-order valence-corrected chi connectivity index (χ1v) is 8.59. The Morgan fingerprint density at radius 1 is 1.17 bits per heavy atom. The molecule has 2 rings (SSSR count). The van der Waals surface area contributed by atoms with Crippen molar-refractivity contribution < 1.29 is 37.4 Å². The number of anilines is 1. The summed E-state index contributed by atoms with van der Waals surface area (Å²) in [5.41, 5.74) is 0.662. The number of ether oxygens (including phenoxy) is 3. The lowest BCUT2D eigenvalue weighted by Crippen LogP contribution is -2.31. The molecule has 0 bridgehead atoms. The van der Waals surface area contributed by atoms with E-state index in [2.05, 4.69) is 10.1 Å². The van der Waals surface area contributed by atoms with E-state index in [0.717, 1.165) is 0 Å². The summed E-state index contributed by atoms with van der Waals surface area (Å²) in [6.45, 7) is -2.12. The minimum Gasteiger partial charge on any atom is -0.482 e. The van der Waals surface area contributed by atoms with E-state index >= 15 is 0 Å². The van der Waals surface area contributed by atoms with Crippen molar-refractivity contribution in [3.05, 3.63) is 53.1 Å². The Labute approximate surface area is 169 Å². The maximum Gasteiger partial charge on any atom is 0.387 e. The van der Waals surface area contributed by atoms with E-state index in [9.17, 15) is 23.2 Å². The molecule has 2 aromatic rings. The van der Waals surface area contributed by atoms with Crippen LogP contribution >= 0.6 is 11.6 Å². The van der Waals surface area contributed by atoms with Crippen molar-refractivity contribution in [3.63, 3.8) is 0 Å². The number of amides is 1. The molecule has 0 aliphatic heterocycles. The number of hydrogen-bond donors (Lipinski definition) is 1. The molecule has 0 aromatic heterocycles. The first-order valence-electron chi connectivity index (χ1n) is 8.21. The molecule has 0 radical (unpaired) electrons. The van der Waals surface area contributed by atoms with Gasteiger partial charge in [0, 0.05) is 11.3 Å². The molecular weight excluding hydrogens is 412 g/mol. The van der Waals surface area contributed by atoms with Crippen LogP contribution in [0.4, 0.5) is 14.5 Å². The van der Waals surface area contributed by atoms with Gasteiger partial charge in [0.15, 0.2) is 12.7 Å². The molecule has 2 aromatic carbocycles. The Morgan fingerprint density at radius 2 is 1.86 bits per heavy atom. The van der Waals surface area contributed by atoms with E-state index in [0.29, 0.717) is 17.6 Å². The molecule has 7 nitrogen and oxygen atoms in total. The van der Waals surface area contributed by atoms with Crippen LogP contribution in [0.1, 0.15) is 17.3 Å². The quantitative estimate of drug-likeness (QED) is 0.484. The van der Waals surface area contributed by atoms with E-state index in [1.807, 2.05) is 0 Å². The van der Waals surface area contributed by atoms with E-state index in [1.165, 1.54) is 49.4 Å². The molecule has 154 valence electrons. The number of alkyl halides is 2. The Bertz CT molecular complexity index is 876. The highest BCUT2D eigenvalue weighted by atomic mass is 35.5. The lowest BCUT2D eigenvalue weighted by molar-refractivity contribution is -0.155. The highest BCUT2D eigenvalue weighted by molar-refractivity contribution is 6.32. The van der Waals surface area contributed by atoms with Gasteiger partial charge in [-0.15, -0.1) is 0 Å². The zero-order valence-electron chi connectivity index (χ0n) is 15.1. The summed E-state index contributed by atoms with van der Waals surface area (Å²) in [5.74, 6) is -1.33. The van der Waals surface area contributed by atoms with Crippen molar-refractivity contribution in [2.45, 2.75) is 19.6 Å². The number of rotatable bonds is 9. The molecule has 0 aliphatic carbocycles. The molecule has 0 aliphatic rings. The maximum absolute atomic E-state index is 12.2. The Kier molecular flexibility index (Phi) is 7.90. The molecule has 0 heterocycles. The summed E-state index contributed by atoms with van der Waals surface area (Å²) < 4.78 is 38.8. The summed E-state index contributed by atoms with van der Waals surface area (Å²) in [6, 6.07) is 9.76. The zero-order valence-corrected chi connectivity index (χ0v) is 15.8. The number of carbonyl (C=O) groups is 3. The highest BCUT2D eigenvalue weighted by Gasteiger charge is 2.19. The van der Waals surface area contributed by atoms with Crippen LogP contribution < -0.4 is 14.8 Å². The average molecular weight is 428 g/mol. The van der Waals surface area contributed by atoms with Crippen LogP contribution in [0, 0.1) is 0 Å². The predicted molar refractivity (Wildman–Crippen MR) is 99.6 cm³/mol. The van der Waals surface area contributed by atoms with Crippen LogP contribution in [-0.4, -0.2) is 37.5 Å². The van der Waals surface area contributed by atoms with Gasteiger partial charge in [-0.3, -0.25) is 9.59 Å². The van der Waals surface area contributed by atoms with Crippen LogP contribution in [0.5, 0.6) is 11.5 Å². The normalized spacial score (nSPS) is 11.5. The Balaban J connectivity index is 1.83. The van der Waals surface area contributed by atoms with Gasteiger partial charge in [0.1, 0.15) is 17.8 Å². The van der Waals surface area contributed by atoms with E-state index in [-0.39, 0.29) is 16.5 Å². The number of halogens is 3. The van der Waals surface area contributed by atoms with Crippen LogP contribution in [-0.2, 0) is 14.3 Å². The second-order valence-electron chi connectivity index (χ2n) is 5.62. The molecule has 0 saturated heterocycles. The van der Waals surface area contributed by atoms with Crippen LogP contribution in [0.2, 0.25) is 5.02 Å². The van der Waals surface area contributed by atoms with E-state index in [1.54, 1.807) is 0 Å². The molecule has 1 amide bonds. The molecule has 10 heteroatoms. The third kappa shape index (κ3) is 7.04. The van der Waals surface area contributed by atoms with Gasteiger partial charge in [0.05, 0.1) is 5.02 Å². The fraction of sp³-hybridized carbons (Fsp3) is 0.211. The second-order valence-corrected chi connectivity index (χ2v) is 6.03. The fourth-order valence-electron chi connectivity index (χ4n) is 2.08. The standard InChI is InChI=1S/C19H16ClF2NO6/c1-11(28-17(25)10-27-14-5-2-12(9-24)3-6-14)18(26)23-13-4-7-16(15(20)8-13)29-19(21)22/h2-9,11,19H,10H2,1H3,(H,23,26). The van der Waals surface area contributed by atoms with Crippen molar-refractivity contribution >= 4 is 35.5 Å². The third-order valence-corrected chi connectivity index (χ3v) is 3.76. The minimum atomic E-state index is -3.03. The smallest absolute Gasteiger partial charge is 0.387 e.